The first-order valence-corrected chi connectivity index (χ1v) is 4.71. The summed E-state index contributed by atoms with van der Waals surface area (Å²) in [6, 6.07) is 5.59. The molecule has 15 heavy (non-hydrogen) atoms. The quantitative estimate of drug-likeness (QED) is 0.706. The van der Waals surface area contributed by atoms with Gasteiger partial charge in [-0.3, -0.25) is 4.79 Å². The lowest BCUT2D eigenvalue weighted by atomic mass is 10.1. The van der Waals surface area contributed by atoms with Crippen LogP contribution in [0.4, 0.5) is 0 Å². The van der Waals surface area contributed by atoms with Crippen molar-refractivity contribution < 1.29 is 13.9 Å². The van der Waals surface area contributed by atoms with Gasteiger partial charge in [0.1, 0.15) is 0 Å². The van der Waals surface area contributed by atoms with E-state index in [4.69, 9.17) is 9.15 Å². The lowest BCUT2D eigenvalue weighted by molar-refractivity contribution is 0.0989. The summed E-state index contributed by atoms with van der Waals surface area (Å²) < 4.78 is 10.6. The summed E-state index contributed by atoms with van der Waals surface area (Å²) in [5, 5.41) is 0.900. The van der Waals surface area contributed by atoms with Crippen LogP contribution in [0, 0.1) is 6.92 Å². The van der Waals surface area contributed by atoms with Crippen LogP contribution in [0.5, 0.6) is 5.75 Å². The van der Waals surface area contributed by atoms with Crippen molar-refractivity contribution in [3.63, 3.8) is 0 Å². The summed E-state index contributed by atoms with van der Waals surface area (Å²) in [5.74, 6) is 0.956. The lowest BCUT2D eigenvalue weighted by Crippen LogP contribution is -1.86. The molecule has 78 valence electrons. The average molecular weight is 204 g/mol. The smallest absolute Gasteiger partial charge is 0.194 e. The van der Waals surface area contributed by atoms with Crippen molar-refractivity contribution >= 4 is 16.8 Å². The molecule has 0 aliphatic rings. The molecule has 2 aromatic rings. The van der Waals surface area contributed by atoms with E-state index in [1.165, 1.54) is 6.92 Å². The maximum Gasteiger partial charge on any atom is 0.194 e. The third-order valence-electron chi connectivity index (χ3n) is 2.29. The van der Waals surface area contributed by atoms with Crippen LogP contribution in [0.25, 0.3) is 11.0 Å². The van der Waals surface area contributed by atoms with Crippen LogP contribution in [-0.4, -0.2) is 12.9 Å². The van der Waals surface area contributed by atoms with E-state index in [1.807, 2.05) is 19.1 Å². The van der Waals surface area contributed by atoms with E-state index < -0.39 is 0 Å². The highest BCUT2D eigenvalue weighted by Gasteiger charge is 2.12. The number of fused-ring (bicyclic) bond motifs is 1. The predicted molar refractivity (Wildman–Crippen MR) is 57.5 cm³/mol. The molecule has 3 heteroatoms. The topological polar surface area (TPSA) is 39.4 Å². The van der Waals surface area contributed by atoms with E-state index in [0.717, 1.165) is 10.9 Å². The third kappa shape index (κ3) is 1.61. The Hall–Kier alpha value is -1.77. The summed E-state index contributed by atoms with van der Waals surface area (Å²) in [6.07, 6.45) is 0. The Bertz CT molecular complexity index is 523. The zero-order chi connectivity index (χ0) is 11.0. The summed E-state index contributed by atoms with van der Waals surface area (Å²) in [7, 11) is 1.59. The van der Waals surface area contributed by atoms with Gasteiger partial charge in [0.05, 0.1) is 7.11 Å². The number of carbonyl (C=O) groups excluding carboxylic acids is 1. The molecule has 0 N–H and O–H groups in total. The minimum absolute atomic E-state index is 0.0779. The molecule has 0 amide bonds. The lowest BCUT2D eigenvalue weighted by Gasteiger charge is -2.01. The van der Waals surface area contributed by atoms with E-state index in [2.05, 4.69) is 0 Å². The van der Waals surface area contributed by atoms with Gasteiger partial charge in [0.15, 0.2) is 22.9 Å². The molecule has 0 fully saturated rings. The number of Topliss-reactive ketones (excluding diaryl/α,β-unsaturated/α-hetero) is 1. The maximum atomic E-state index is 11.2. The Kier molecular flexibility index (Phi) is 2.23. The van der Waals surface area contributed by atoms with Crippen LogP contribution in [0.1, 0.15) is 23.0 Å². The number of carbonyl (C=O) groups is 1. The van der Waals surface area contributed by atoms with Gasteiger partial charge in [-0.2, -0.15) is 0 Å². The molecule has 0 atom stereocenters. The molecule has 1 heterocycles. The number of ketones is 1. The summed E-state index contributed by atoms with van der Waals surface area (Å²) in [5.41, 5.74) is 1.71. The van der Waals surface area contributed by atoms with E-state index in [-0.39, 0.29) is 5.78 Å². The fraction of sp³-hybridized carbons (Fsp3) is 0.250. The molecular formula is C12H12O3. The van der Waals surface area contributed by atoms with Crippen molar-refractivity contribution in [2.24, 2.45) is 0 Å². The first-order valence-electron chi connectivity index (χ1n) is 4.71. The number of methoxy groups -OCH3 is 1. The molecule has 0 bridgehead atoms. The molecule has 0 saturated heterocycles. The highest BCUT2D eigenvalue weighted by Crippen LogP contribution is 2.30. The average Bonchev–Trinajstić information content (AvgIpc) is 2.59. The Labute approximate surface area is 87.6 Å². The molecule has 3 nitrogen and oxygen atoms in total. The second-order valence-corrected chi connectivity index (χ2v) is 3.55. The largest absolute Gasteiger partial charge is 0.493 e. The van der Waals surface area contributed by atoms with Gasteiger partial charge in [-0.25, -0.2) is 0 Å². The van der Waals surface area contributed by atoms with Crippen molar-refractivity contribution in [2.75, 3.05) is 7.11 Å². The second-order valence-electron chi connectivity index (χ2n) is 3.55. The van der Waals surface area contributed by atoms with Crippen molar-refractivity contribution in [1.82, 2.24) is 0 Å². The van der Waals surface area contributed by atoms with Crippen molar-refractivity contribution in [1.29, 1.82) is 0 Å². The number of hydrogen-bond donors (Lipinski definition) is 0. The second kappa shape index (κ2) is 3.42. The highest BCUT2D eigenvalue weighted by molar-refractivity contribution is 5.97. The maximum absolute atomic E-state index is 11.2. The number of furan rings is 1. The molecule has 2 rings (SSSR count). The van der Waals surface area contributed by atoms with Crippen LogP contribution >= 0.6 is 0 Å². The summed E-state index contributed by atoms with van der Waals surface area (Å²) in [6.45, 7) is 3.46. The molecular weight excluding hydrogens is 192 g/mol. The zero-order valence-electron chi connectivity index (χ0n) is 8.96. The van der Waals surface area contributed by atoms with Gasteiger partial charge in [-0.15, -0.1) is 0 Å². The van der Waals surface area contributed by atoms with E-state index in [9.17, 15) is 4.79 Å². The van der Waals surface area contributed by atoms with Crippen LogP contribution in [0.2, 0.25) is 0 Å². The van der Waals surface area contributed by atoms with Crippen molar-refractivity contribution in [3.8, 4) is 5.75 Å². The van der Waals surface area contributed by atoms with Crippen LogP contribution < -0.4 is 4.74 Å². The van der Waals surface area contributed by atoms with Crippen LogP contribution in [-0.2, 0) is 0 Å². The van der Waals surface area contributed by atoms with Gasteiger partial charge in [0.2, 0.25) is 0 Å². The Morgan fingerprint density at radius 2 is 2.07 bits per heavy atom. The molecule has 0 unspecified atom stereocenters. The SMILES string of the molecule is COc1cc(C)cc2cc(C(C)=O)oc12. The van der Waals surface area contributed by atoms with E-state index >= 15 is 0 Å². The fourth-order valence-electron chi connectivity index (χ4n) is 1.59. The molecule has 0 saturated carbocycles. The standard InChI is InChI=1S/C12H12O3/c1-7-4-9-6-10(8(2)13)15-12(9)11(5-7)14-3/h4-6H,1-3H3. The molecule has 1 aromatic heterocycles. The monoisotopic (exact) mass is 204 g/mol. The molecule has 0 aliphatic heterocycles. The molecule has 0 spiro atoms. The zero-order valence-corrected chi connectivity index (χ0v) is 8.96. The minimum atomic E-state index is -0.0779. The van der Waals surface area contributed by atoms with Crippen molar-refractivity contribution in [2.45, 2.75) is 13.8 Å². The highest BCUT2D eigenvalue weighted by atomic mass is 16.5. The third-order valence-corrected chi connectivity index (χ3v) is 2.29. The Morgan fingerprint density at radius 1 is 1.33 bits per heavy atom. The van der Waals surface area contributed by atoms with E-state index in [1.54, 1.807) is 13.2 Å². The first kappa shape index (κ1) is 9.77. The van der Waals surface area contributed by atoms with Gasteiger partial charge in [0, 0.05) is 12.3 Å². The molecule has 0 radical (unpaired) electrons. The number of rotatable bonds is 2. The van der Waals surface area contributed by atoms with Gasteiger partial charge in [-0.05, 0) is 30.7 Å². The summed E-state index contributed by atoms with van der Waals surface area (Å²) in [4.78, 5) is 11.2. The number of hydrogen-bond acceptors (Lipinski definition) is 3. The van der Waals surface area contributed by atoms with Gasteiger partial charge in [-0.1, -0.05) is 0 Å². The van der Waals surface area contributed by atoms with Gasteiger partial charge in [0.25, 0.3) is 0 Å². The molecule has 0 aliphatic carbocycles. The molecule has 1 aromatic carbocycles. The Balaban J connectivity index is 2.74. The summed E-state index contributed by atoms with van der Waals surface area (Å²) >= 11 is 0. The predicted octanol–water partition coefficient (Wildman–Crippen LogP) is 2.95. The number of ether oxygens (including phenoxy) is 1. The van der Waals surface area contributed by atoms with Crippen LogP contribution in [0.15, 0.2) is 22.6 Å². The van der Waals surface area contributed by atoms with E-state index in [0.29, 0.717) is 17.1 Å². The number of aryl methyl sites for hydroxylation is 1. The number of benzene rings is 1. The van der Waals surface area contributed by atoms with Gasteiger partial charge >= 0.3 is 0 Å². The van der Waals surface area contributed by atoms with Gasteiger partial charge < -0.3 is 9.15 Å². The first-order chi connectivity index (χ1) is 7.11. The minimum Gasteiger partial charge on any atom is -0.493 e. The van der Waals surface area contributed by atoms with Crippen LogP contribution in [0.3, 0.4) is 0 Å². The normalized spacial score (nSPS) is 10.6. The Morgan fingerprint density at radius 3 is 2.67 bits per heavy atom. The van der Waals surface area contributed by atoms with Crippen molar-refractivity contribution in [3.05, 3.63) is 29.5 Å². The fourth-order valence-corrected chi connectivity index (χ4v) is 1.59.